The van der Waals surface area contributed by atoms with Gasteiger partial charge in [-0.3, -0.25) is 14.5 Å². The van der Waals surface area contributed by atoms with E-state index in [0.717, 1.165) is 37.2 Å². The summed E-state index contributed by atoms with van der Waals surface area (Å²) in [5.41, 5.74) is 1.07. The van der Waals surface area contributed by atoms with Gasteiger partial charge in [0.05, 0.1) is 18.2 Å². The lowest BCUT2D eigenvalue weighted by Crippen LogP contribution is -2.30. The molecule has 0 radical (unpaired) electrons. The Bertz CT molecular complexity index is 738. The number of fused-ring (bicyclic) bond motifs is 1. The molecule has 0 N–H and O–H groups in total. The van der Waals surface area contributed by atoms with E-state index in [0.29, 0.717) is 17.7 Å². The normalized spacial score (nSPS) is 13.2. The topological polar surface area (TPSA) is 46.6 Å². The number of unbranched alkanes of at least 4 members (excludes halogenated alkanes) is 3. The molecule has 2 aromatic rings. The number of ether oxygens (including phenoxy) is 1. The summed E-state index contributed by atoms with van der Waals surface area (Å²) in [5.74, 6) is 1.64. The predicted octanol–water partition coefficient (Wildman–Crippen LogP) is 4.64. The van der Waals surface area contributed by atoms with Crippen molar-refractivity contribution in [3.05, 3.63) is 59.7 Å². The lowest BCUT2D eigenvalue weighted by Gasteiger charge is -2.13. The zero-order valence-electron chi connectivity index (χ0n) is 14.9. The molecule has 1 aliphatic rings. The van der Waals surface area contributed by atoms with Crippen molar-refractivity contribution in [2.45, 2.75) is 30.6 Å². The van der Waals surface area contributed by atoms with Gasteiger partial charge in [-0.1, -0.05) is 25.0 Å². The van der Waals surface area contributed by atoms with Crippen molar-refractivity contribution < 1.29 is 14.3 Å². The number of hydrogen-bond acceptors (Lipinski definition) is 4. The molecule has 0 fully saturated rings. The molecule has 4 nitrogen and oxygen atoms in total. The SMILES string of the molecule is COc1ccc(SCCCCCCN2C(=O)c3ccccc3C2=O)cc1. The van der Waals surface area contributed by atoms with Crippen molar-refractivity contribution in [2.75, 3.05) is 19.4 Å². The number of benzene rings is 2. The van der Waals surface area contributed by atoms with Gasteiger partial charge in [0.25, 0.3) is 11.8 Å². The molecule has 26 heavy (non-hydrogen) atoms. The number of amides is 2. The number of carbonyl (C=O) groups excluding carboxylic acids is 2. The van der Waals surface area contributed by atoms with Crippen LogP contribution >= 0.6 is 11.8 Å². The van der Waals surface area contributed by atoms with Crippen LogP contribution in [0.15, 0.2) is 53.4 Å². The maximum absolute atomic E-state index is 12.3. The van der Waals surface area contributed by atoms with E-state index in [9.17, 15) is 9.59 Å². The molecule has 0 saturated heterocycles. The van der Waals surface area contributed by atoms with E-state index in [-0.39, 0.29) is 11.8 Å². The lowest BCUT2D eigenvalue weighted by molar-refractivity contribution is 0.0651. The second-order valence-corrected chi connectivity index (χ2v) is 7.41. The van der Waals surface area contributed by atoms with Crippen LogP contribution in [0.2, 0.25) is 0 Å². The number of hydrogen-bond donors (Lipinski definition) is 0. The van der Waals surface area contributed by atoms with Crippen LogP contribution in [0.4, 0.5) is 0 Å². The molecule has 0 unspecified atom stereocenters. The van der Waals surface area contributed by atoms with E-state index in [1.54, 1.807) is 31.4 Å². The highest BCUT2D eigenvalue weighted by Gasteiger charge is 2.34. The summed E-state index contributed by atoms with van der Waals surface area (Å²) in [5, 5.41) is 0. The first-order chi connectivity index (χ1) is 12.7. The van der Waals surface area contributed by atoms with Crippen LogP contribution in [-0.2, 0) is 0 Å². The van der Waals surface area contributed by atoms with Gasteiger partial charge in [-0.05, 0) is 55.0 Å². The maximum atomic E-state index is 12.3. The third-order valence-corrected chi connectivity index (χ3v) is 5.58. The zero-order chi connectivity index (χ0) is 18.4. The first-order valence-electron chi connectivity index (χ1n) is 8.93. The Hall–Kier alpha value is -2.27. The van der Waals surface area contributed by atoms with Crippen LogP contribution in [-0.4, -0.2) is 36.1 Å². The van der Waals surface area contributed by atoms with E-state index in [2.05, 4.69) is 12.1 Å². The van der Waals surface area contributed by atoms with Gasteiger partial charge in [0, 0.05) is 11.4 Å². The van der Waals surface area contributed by atoms with Crippen molar-refractivity contribution in [2.24, 2.45) is 0 Å². The second kappa shape index (κ2) is 8.90. The molecule has 1 heterocycles. The molecule has 2 amide bonds. The van der Waals surface area contributed by atoms with Crippen molar-refractivity contribution >= 4 is 23.6 Å². The average Bonchev–Trinajstić information content (AvgIpc) is 2.92. The van der Waals surface area contributed by atoms with Gasteiger partial charge >= 0.3 is 0 Å². The summed E-state index contributed by atoms with van der Waals surface area (Å²) in [4.78, 5) is 27.2. The highest BCUT2D eigenvalue weighted by atomic mass is 32.2. The Morgan fingerprint density at radius 2 is 1.46 bits per heavy atom. The van der Waals surface area contributed by atoms with Gasteiger partial charge in [-0.25, -0.2) is 0 Å². The van der Waals surface area contributed by atoms with Crippen LogP contribution in [0.25, 0.3) is 0 Å². The highest BCUT2D eigenvalue weighted by molar-refractivity contribution is 7.99. The van der Waals surface area contributed by atoms with E-state index < -0.39 is 0 Å². The van der Waals surface area contributed by atoms with Crippen LogP contribution in [0.3, 0.4) is 0 Å². The highest BCUT2D eigenvalue weighted by Crippen LogP contribution is 2.24. The number of rotatable bonds is 9. The molecular formula is C21H23NO3S. The molecule has 1 aliphatic heterocycles. The predicted molar refractivity (Wildman–Crippen MR) is 104 cm³/mol. The third-order valence-electron chi connectivity index (χ3n) is 4.48. The van der Waals surface area contributed by atoms with E-state index in [1.807, 2.05) is 23.9 Å². The summed E-state index contributed by atoms with van der Waals surface area (Å²) in [7, 11) is 1.67. The molecule has 0 aromatic heterocycles. The van der Waals surface area contributed by atoms with Gasteiger partial charge in [0.1, 0.15) is 5.75 Å². The molecule has 0 saturated carbocycles. The molecule has 0 spiro atoms. The number of carbonyl (C=O) groups is 2. The van der Waals surface area contributed by atoms with Crippen LogP contribution in [0, 0.1) is 0 Å². The second-order valence-electron chi connectivity index (χ2n) is 6.25. The van der Waals surface area contributed by atoms with Gasteiger partial charge in [0.2, 0.25) is 0 Å². The summed E-state index contributed by atoms with van der Waals surface area (Å²) >= 11 is 1.84. The summed E-state index contributed by atoms with van der Waals surface area (Å²) in [6.07, 6.45) is 4.11. The Labute approximate surface area is 158 Å². The zero-order valence-corrected chi connectivity index (χ0v) is 15.8. The molecule has 3 rings (SSSR count). The average molecular weight is 369 g/mol. The Kier molecular flexibility index (Phi) is 6.34. The van der Waals surface area contributed by atoms with E-state index in [1.165, 1.54) is 9.80 Å². The molecule has 136 valence electrons. The van der Waals surface area contributed by atoms with Crippen LogP contribution < -0.4 is 4.74 Å². The largest absolute Gasteiger partial charge is 0.497 e. The summed E-state index contributed by atoms with van der Waals surface area (Å²) in [6.45, 7) is 0.512. The number of methoxy groups -OCH3 is 1. The molecular weight excluding hydrogens is 346 g/mol. The minimum Gasteiger partial charge on any atom is -0.497 e. The standard InChI is InChI=1S/C21H23NO3S/c1-25-16-10-12-17(13-11-16)26-15-7-3-2-6-14-22-20(23)18-8-4-5-9-19(18)21(22)24/h4-5,8-13H,2-3,6-7,14-15H2,1H3. The van der Waals surface area contributed by atoms with Crippen molar-refractivity contribution in [3.63, 3.8) is 0 Å². The van der Waals surface area contributed by atoms with E-state index >= 15 is 0 Å². The smallest absolute Gasteiger partial charge is 0.261 e. The molecule has 0 bridgehead atoms. The fourth-order valence-corrected chi connectivity index (χ4v) is 3.94. The summed E-state index contributed by atoms with van der Waals surface area (Å²) < 4.78 is 5.16. The van der Waals surface area contributed by atoms with Crippen molar-refractivity contribution in [1.29, 1.82) is 0 Å². The number of nitrogens with zero attached hydrogens (tertiary/aromatic N) is 1. The minimum atomic E-state index is -0.152. The van der Waals surface area contributed by atoms with Crippen LogP contribution in [0.5, 0.6) is 5.75 Å². The first-order valence-corrected chi connectivity index (χ1v) is 9.91. The number of imide groups is 1. The molecule has 0 aliphatic carbocycles. The Morgan fingerprint density at radius 1 is 0.846 bits per heavy atom. The molecule has 2 aromatic carbocycles. The third kappa shape index (κ3) is 4.28. The van der Waals surface area contributed by atoms with E-state index in [4.69, 9.17) is 4.74 Å². The van der Waals surface area contributed by atoms with Crippen molar-refractivity contribution in [1.82, 2.24) is 4.90 Å². The maximum Gasteiger partial charge on any atom is 0.261 e. The van der Waals surface area contributed by atoms with Gasteiger partial charge in [0.15, 0.2) is 0 Å². The fraction of sp³-hybridized carbons (Fsp3) is 0.333. The monoisotopic (exact) mass is 369 g/mol. The fourth-order valence-electron chi connectivity index (χ4n) is 3.03. The van der Waals surface area contributed by atoms with Crippen molar-refractivity contribution in [3.8, 4) is 5.75 Å². The van der Waals surface area contributed by atoms with Crippen LogP contribution in [0.1, 0.15) is 46.4 Å². The summed E-state index contributed by atoms with van der Waals surface area (Å²) in [6, 6.07) is 15.2. The minimum absolute atomic E-state index is 0.152. The molecule has 5 heteroatoms. The molecule has 0 atom stereocenters. The van der Waals surface area contributed by atoms with Gasteiger partial charge < -0.3 is 4.74 Å². The quantitative estimate of drug-likeness (QED) is 0.367. The lowest BCUT2D eigenvalue weighted by atomic mass is 10.1. The number of thioether (sulfide) groups is 1. The van der Waals surface area contributed by atoms with Gasteiger partial charge in [-0.15, -0.1) is 11.8 Å². The van der Waals surface area contributed by atoms with Gasteiger partial charge in [-0.2, -0.15) is 0 Å². The Balaban J connectivity index is 1.32. The first kappa shape index (κ1) is 18.5. The Morgan fingerprint density at radius 3 is 2.08 bits per heavy atom.